The molecule has 3 heteroatoms. The SMILES string of the molecule is CC1CN(C2CCCNC2)CCN1. The van der Waals surface area contributed by atoms with Crippen molar-refractivity contribution in [2.75, 3.05) is 32.7 Å². The molecule has 0 aromatic rings. The summed E-state index contributed by atoms with van der Waals surface area (Å²) in [6, 6.07) is 1.48. The molecule has 2 N–H and O–H groups in total. The highest BCUT2D eigenvalue weighted by molar-refractivity contribution is 4.84. The van der Waals surface area contributed by atoms with Crippen LogP contribution in [0.3, 0.4) is 0 Å². The summed E-state index contributed by atoms with van der Waals surface area (Å²) in [4.78, 5) is 2.65. The van der Waals surface area contributed by atoms with E-state index in [1.807, 2.05) is 0 Å². The standard InChI is InChI=1S/C10H21N3/c1-9-8-13(6-5-12-9)10-3-2-4-11-7-10/h9-12H,2-8H2,1H3. The fourth-order valence-electron chi connectivity index (χ4n) is 2.44. The zero-order valence-electron chi connectivity index (χ0n) is 8.55. The normalized spacial score (nSPS) is 37.6. The van der Waals surface area contributed by atoms with Gasteiger partial charge in [0.25, 0.3) is 0 Å². The van der Waals surface area contributed by atoms with Crippen molar-refractivity contribution in [2.45, 2.75) is 31.8 Å². The molecule has 0 spiro atoms. The molecule has 76 valence electrons. The molecule has 2 atom stereocenters. The summed E-state index contributed by atoms with van der Waals surface area (Å²) < 4.78 is 0. The Kier molecular flexibility index (Phi) is 3.19. The largest absolute Gasteiger partial charge is 0.315 e. The van der Waals surface area contributed by atoms with Crippen LogP contribution in [0.15, 0.2) is 0 Å². The average molecular weight is 183 g/mol. The van der Waals surface area contributed by atoms with Crippen LogP contribution in [0, 0.1) is 0 Å². The summed E-state index contributed by atoms with van der Waals surface area (Å²) in [5, 5.41) is 6.97. The molecule has 3 nitrogen and oxygen atoms in total. The number of nitrogens with zero attached hydrogens (tertiary/aromatic N) is 1. The van der Waals surface area contributed by atoms with Crippen LogP contribution in [0.5, 0.6) is 0 Å². The van der Waals surface area contributed by atoms with Crippen LogP contribution in [0.1, 0.15) is 19.8 Å². The highest BCUT2D eigenvalue weighted by atomic mass is 15.2. The molecule has 2 fully saturated rings. The van der Waals surface area contributed by atoms with Gasteiger partial charge in [0, 0.05) is 38.3 Å². The maximum absolute atomic E-state index is 3.49. The first-order valence-corrected chi connectivity index (χ1v) is 5.54. The van der Waals surface area contributed by atoms with Crippen LogP contribution in [-0.2, 0) is 0 Å². The van der Waals surface area contributed by atoms with E-state index in [1.54, 1.807) is 0 Å². The number of rotatable bonds is 1. The Morgan fingerprint density at radius 1 is 1.31 bits per heavy atom. The van der Waals surface area contributed by atoms with Crippen LogP contribution >= 0.6 is 0 Å². The Morgan fingerprint density at radius 2 is 2.23 bits per heavy atom. The van der Waals surface area contributed by atoms with Gasteiger partial charge in [-0.1, -0.05) is 0 Å². The lowest BCUT2D eigenvalue weighted by Gasteiger charge is -2.39. The highest BCUT2D eigenvalue weighted by Crippen LogP contribution is 2.12. The molecule has 2 heterocycles. The number of hydrogen-bond donors (Lipinski definition) is 2. The molecule has 2 saturated heterocycles. The smallest absolute Gasteiger partial charge is 0.0222 e. The summed E-state index contributed by atoms with van der Waals surface area (Å²) in [5.41, 5.74) is 0. The van der Waals surface area contributed by atoms with E-state index in [9.17, 15) is 0 Å². The topological polar surface area (TPSA) is 27.3 Å². The molecule has 0 saturated carbocycles. The minimum Gasteiger partial charge on any atom is -0.315 e. The minimum atomic E-state index is 0.677. The zero-order chi connectivity index (χ0) is 9.10. The fraction of sp³-hybridized carbons (Fsp3) is 1.00. The van der Waals surface area contributed by atoms with Gasteiger partial charge in [-0.25, -0.2) is 0 Å². The van der Waals surface area contributed by atoms with Crippen LogP contribution in [0.25, 0.3) is 0 Å². The van der Waals surface area contributed by atoms with Gasteiger partial charge < -0.3 is 10.6 Å². The van der Waals surface area contributed by atoms with E-state index in [-0.39, 0.29) is 0 Å². The lowest BCUT2D eigenvalue weighted by atomic mass is 10.0. The first kappa shape index (κ1) is 9.44. The lowest BCUT2D eigenvalue weighted by molar-refractivity contribution is 0.127. The van der Waals surface area contributed by atoms with E-state index in [1.165, 1.54) is 39.0 Å². The first-order valence-electron chi connectivity index (χ1n) is 5.54. The van der Waals surface area contributed by atoms with Gasteiger partial charge in [0.05, 0.1) is 0 Å². The Bertz CT molecular complexity index is 154. The van der Waals surface area contributed by atoms with Crippen LogP contribution in [0.2, 0.25) is 0 Å². The molecule has 2 rings (SSSR count). The third kappa shape index (κ3) is 2.42. The summed E-state index contributed by atoms with van der Waals surface area (Å²) >= 11 is 0. The highest BCUT2D eigenvalue weighted by Gasteiger charge is 2.24. The van der Waals surface area contributed by atoms with Gasteiger partial charge in [-0.2, -0.15) is 0 Å². The van der Waals surface area contributed by atoms with Crippen LogP contribution in [0.4, 0.5) is 0 Å². The quantitative estimate of drug-likeness (QED) is 0.601. The molecule has 0 aromatic carbocycles. The first-order chi connectivity index (χ1) is 6.36. The second-order valence-corrected chi connectivity index (χ2v) is 4.35. The predicted octanol–water partition coefficient (Wildman–Crippen LogP) is 0.0321. The number of nitrogens with one attached hydrogen (secondary N) is 2. The van der Waals surface area contributed by atoms with E-state index in [0.717, 1.165) is 12.6 Å². The average Bonchev–Trinajstić information content (AvgIpc) is 2.19. The van der Waals surface area contributed by atoms with Crippen molar-refractivity contribution < 1.29 is 0 Å². The van der Waals surface area contributed by atoms with Gasteiger partial charge in [-0.15, -0.1) is 0 Å². The minimum absolute atomic E-state index is 0.677. The third-order valence-corrected chi connectivity index (χ3v) is 3.19. The van der Waals surface area contributed by atoms with Gasteiger partial charge in [0.1, 0.15) is 0 Å². The van der Waals surface area contributed by atoms with E-state index in [4.69, 9.17) is 0 Å². The van der Waals surface area contributed by atoms with Crippen molar-refractivity contribution in [3.05, 3.63) is 0 Å². The molecule has 0 aromatic heterocycles. The predicted molar refractivity (Wildman–Crippen MR) is 54.9 cm³/mol. The van der Waals surface area contributed by atoms with Gasteiger partial charge in [0.15, 0.2) is 0 Å². The molecular weight excluding hydrogens is 162 g/mol. The second kappa shape index (κ2) is 4.40. The summed E-state index contributed by atoms with van der Waals surface area (Å²) in [6.45, 7) is 8.33. The Balaban J connectivity index is 1.83. The van der Waals surface area contributed by atoms with Gasteiger partial charge in [-0.3, -0.25) is 4.90 Å². The molecule has 0 aliphatic carbocycles. The Labute approximate surface area is 80.9 Å². The molecule has 13 heavy (non-hydrogen) atoms. The molecule has 2 unspecified atom stereocenters. The molecule has 0 radical (unpaired) electrons. The van der Waals surface area contributed by atoms with Gasteiger partial charge >= 0.3 is 0 Å². The number of piperazine rings is 1. The van der Waals surface area contributed by atoms with E-state index < -0.39 is 0 Å². The molecule has 2 aliphatic rings. The monoisotopic (exact) mass is 183 g/mol. The third-order valence-electron chi connectivity index (χ3n) is 3.19. The molecule has 0 bridgehead atoms. The van der Waals surface area contributed by atoms with Gasteiger partial charge in [0.2, 0.25) is 0 Å². The van der Waals surface area contributed by atoms with Crippen molar-refractivity contribution in [3.8, 4) is 0 Å². The molecule has 0 amide bonds. The lowest BCUT2D eigenvalue weighted by Crippen LogP contribution is -2.56. The number of hydrogen-bond acceptors (Lipinski definition) is 3. The van der Waals surface area contributed by atoms with Crippen molar-refractivity contribution >= 4 is 0 Å². The Hall–Kier alpha value is -0.120. The van der Waals surface area contributed by atoms with Crippen molar-refractivity contribution in [1.29, 1.82) is 0 Å². The van der Waals surface area contributed by atoms with E-state index in [2.05, 4.69) is 22.5 Å². The van der Waals surface area contributed by atoms with E-state index >= 15 is 0 Å². The van der Waals surface area contributed by atoms with Crippen molar-refractivity contribution in [3.63, 3.8) is 0 Å². The van der Waals surface area contributed by atoms with Crippen LogP contribution < -0.4 is 10.6 Å². The van der Waals surface area contributed by atoms with Crippen molar-refractivity contribution in [1.82, 2.24) is 15.5 Å². The fourth-order valence-corrected chi connectivity index (χ4v) is 2.44. The zero-order valence-corrected chi connectivity index (χ0v) is 8.55. The van der Waals surface area contributed by atoms with E-state index in [0.29, 0.717) is 6.04 Å². The summed E-state index contributed by atoms with van der Waals surface area (Å²) in [5.74, 6) is 0. The number of piperidine rings is 1. The van der Waals surface area contributed by atoms with Crippen molar-refractivity contribution in [2.24, 2.45) is 0 Å². The molecule has 2 aliphatic heterocycles. The maximum atomic E-state index is 3.49. The maximum Gasteiger partial charge on any atom is 0.0222 e. The van der Waals surface area contributed by atoms with Gasteiger partial charge in [-0.05, 0) is 26.3 Å². The summed E-state index contributed by atoms with van der Waals surface area (Å²) in [6.07, 6.45) is 2.74. The Morgan fingerprint density at radius 3 is 2.92 bits per heavy atom. The summed E-state index contributed by atoms with van der Waals surface area (Å²) in [7, 11) is 0. The second-order valence-electron chi connectivity index (χ2n) is 4.35. The molecular formula is C10H21N3. The van der Waals surface area contributed by atoms with Crippen LogP contribution in [-0.4, -0.2) is 49.7 Å².